The van der Waals surface area contributed by atoms with Crippen molar-refractivity contribution >= 4 is 48.9 Å². The van der Waals surface area contributed by atoms with E-state index in [0.29, 0.717) is 40.6 Å². The Morgan fingerprint density at radius 2 is 1.93 bits per heavy atom. The number of thiazole rings is 1. The van der Waals surface area contributed by atoms with Gasteiger partial charge in [-0.1, -0.05) is 6.42 Å². The van der Waals surface area contributed by atoms with Crippen LogP contribution >= 0.6 is 27.3 Å². The molecular formula is C18H20BrN3O3S2. The van der Waals surface area contributed by atoms with Crippen LogP contribution in [0, 0.1) is 6.92 Å². The van der Waals surface area contributed by atoms with Crippen molar-refractivity contribution in [2.24, 2.45) is 0 Å². The number of sulfonamides is 1. The van der Waals surface area contributed by atoms with E-state index in [1.807, 2.05) is 6.92 Å². The lowest BCUT2D eigenvalue weighted by Gasteiger charge is -2.26. The maximum atomic E-state index is 12.9. The summed E-state index contributed by atoms with van der Waals surface area (Å²) < 4.78 is 28.1. The molecule has 2 aliphatic heterocycles. The van der Waals surface area contributed by atoms with E-state index in [0.717, 1.165) is 35.4 Å². The number of hydrogen-bond donors (Lipinski definition) is 0. The summed E-state index contributed by atoms with van der Waals surface area (Å²) in [5.74, 6) is -0.139. The molecule has 3 heterocycles. The summed E-state index contributed by atoms with van der Waals surface area (Å²) in [6, 6.07) is 5.11. The molecule has 144 valence electrons. The molecule has 1 aromatic heterocycles. The minimum atomic E-state index is -3.46. The van der Waals surface area contributed by atoms with E-state index in [9.17, 15) is 13.2 Å². The SMILES string of the molecule is Cc1sc(Br)nc1C(=O)N1CCc2cc(S(=O)(=O)N3CCCCC3)ccc21. The van der Waals surface area contributed by atoms with Gasteiger partial charge in [0.25, 0.3) is 5.91 Å². The second kappa shape index (κ2) is 7.27. The molecule has 4 rings (SSSR count). The summed E-state index contributed by atoms with van der Waals surface area (Å²) in [6.45, 7) is 3.58. The maximum Gasteiger partial charge on any atom is 0.278 e. The summed E-state index contributed by atoms with van der Waals surface area (Å²) >= 11 is 4.76. The topological polar surface area (TPSA) is 70.6 Å². The van der Waals surface area contributed by atoms with E-state index >= 15 is 0 Å². The van der Waals surface area contributed by atoms with Crippen molar-refractivity contribution in [1.82, 2.24) is 9.29 Å². The van der Waals surface area contributed by atoms with E-state index in [-0.39, 0.29) is 5.91 Å². The van der Waals surface area contributed by atoms with Gasteiger partial charge in [0.2, 0.25) is 10.0 Å². The number of aromatic nitrogens is 1. The minimum Gasteiger partial charge on any atom is -0.306 e. The van der Waals surface area contributed by atoms with Gasteiger partial charge in [-0.15, -0.1) is 11.3 Å². The molecule has 9 heteroatoms. The lowest BCUT2D eigenvalue weighted by molar-refractivity contribution is 0.0984. The van der Waals surface area contributed by atoms with Gasteiger partial charge in [-0.05, 0) is 65.9 Å². The van der Waals surface area contributed by atoms with Crippen molar-refractivity contribution in [3.8, 4) is 0 Å². The smallest absolute Gasteiger partial charge is 0.278 e. The molecule has 2 aliphatic rings. The predicted molar refractivity (Wildman–Crippen MR) is 109 cm³/mol. The molecule has 1 amide bonds. The highest BCUT2D eigenvalue weighted by atomic mass is 79.9. The first kappa shape index (κ1) is 19.0. The van der Waals surface area contributed by atoms with Crippen molar-refractivity contribution in [2.75, 3.05) is 24.5 Å². The second-order valence-electron chi connectivity index (χ2n) is 6.83. The first-order valence-electron chi connectivity index (χ1n) is 8.96. The van der Waals surface area contributed by atoms with Gasteiger partial charge in [-0.25, -0.2) is 13.4 Å². The fraction of sp³-hybridized carbons (Fsp3) is 0.444. The molecule has 27 heavy (non-hydrogen) atoms. The first-order chi connectivity index (χ1) is 12.9. The number of hydrogen-bond acceptors (Lipinski definition) is 5. The molecular weight excluding hydrogens is 450 g/mol. The number of halogens is 1. The molecule has 0 radical (unpaired) electrons. The number of aryl methyl sites for hydroxylation is 1. The normalized spacial score (nSPS) is 17.9. The maximum absolute atomic E-state index is 12.9. The van der Waals surface area contributed by atoms with Crippen LogP contribution < -0.4 is 4.90 Å². The Kier molecular flexibility index (Phi) is 5.13. The second-order valence-corrected chi connectivity index (χ2v) is 11.3. The zero-order valence-corrected chi connectivity index (χ0v) is 18.2. The van der Waals surface area contributed by atoms with E-state index in [1.165, 1.54) is 11.3 Å². The highest BCUT2D eigenvalue weighted by Gasteiger charge is 2.31. The van der Waals surface area contributed by atoms with Crippen molar-refractivity contribution in [1.29, 1.82) is 0 Å². The Morgan fingerprint density at radius 1 is 1.19 bits per heavy atom. The standard InChI is InChI=1S/C18H20BrN3O3S2/c1-12-16(20-18(19)26-12)17(23)22-10-7-13-11-14(5-6-15(13)22)27(24,25)21-8-3-2-4-9-21/h5-6,11H,2-4,7-10H2,1H3. The van der Waals surface area contributed by atoms with Crippen molar-refractivity contribution < 1.29 is 13.2 Å². The average Bonchev–Trinajstić information content (AvgIpc) is 3.24. The van der Waals surface area contributed by atoms with Gasteiger partial charge in [-0.2, -0.15) is 4.31 Å². The number of amides is 1. The third kappa shape index (κ3) is 3.46. The Bertz CT molecular complexity index is 997. The van der Waals surface area contributed by atoms with E-state index in [4.69, 9.17) is 0 Å². The fourth-order valence-corrected chi connectivity index (χ4v) is 6.79. The fourth-order valence-electron chi connectivity index (χ4n) is 3.69. The summed E-state index contributed by atoms with van der Waals surface area (Å²) in [7, 11) is -3.46. The number of rotatable bonds is 3. The first-order valence-corrected chi connectivity index (χ1v) is 12.0. The largest absolute Gasteiger partial charge is 0.306 e. The van der Waals surface area contributed by atoms with Gasteiger partial charge in [0.05, 0.1) is 4.90 Å². The molecule has 0 N–H and O–H groups in total. The Hall–Kier alpha value is -1.29. The molecule has 1 aromatic carbocycles. The molecule has 0 aliphatic carbocycles. The number of fused-ring (bicyclic) bond motifs is 1. The van der Waals surface area contributed by atoms with E-state index in [2.05, 4.69) is 20.9 Å². The molecule has 1 fully saturated rings. The van der Waals surface area contributed by atoms with Crippen LogP contribution in [0.5, 0.6) is 0 Å². The van der Waals surface area contributed by atoms with Crippen LogP contribution in [0.25, 0.3) is 0 Å². The molecule has 0 saturated carbocycles. The summed E-state index contributed by atoms with van der Waals surface area (Å²) in [5.41, 5.74) is 2.12. The van der Waals surface area contributed by atoms with Crippen LogP contribution in [0.1, 0.15) is 40.2 Å². The summed E-state index contributed by atoms with van der Waals surface area (Å²) in [5, 5.41) is 0. The summed E-state index contributed by atoms with van der Waals surface area (Å²) in [6.07, 6.45) is 3.55. The van der Waals surface area contributed by atoms with Crippen LogP contribution in [0.15, 0.2) is 27.0 Å². The Labute approximate surface area is 171 Å². The zero-order chi connectivity index (χ0) is 19.2. The van der Waals surface area contributed by atoms with Gasteiger partial charge >= 0.3 is 0 Å². The molecule has 0 atom stereocenters. The molecule has 0 unspecified atom stereocenters. The van der Waals surface area contributed by atoms with Crippen molar-refractivity contribution in [2.45, 2.75) is 37.5 Å². The van der Waals surface area contributed by atoms with E-state index in [1.54, 1.807) is 27.4 Å². The van der Waals surface area contributed by atoms with Crippen LogP contribution in [0.2, 0.25) is 0 Å². The molecule has 0 bridgehead atoms. The third-order valence-electron chi connectivity index (χ3n) is 5.12. The zero-order valence-electron chi connectivity index (χ0n) is 14.9. The van der Waals surface area contributed by atoms with Crippen LogP contribution in [0.3, 0.4) is 0 Å². The average molecular weight is 470 g/mol. The minimum absolute atomic E-state index is 0.139. The van der Waals surface area contributed by atoms with Gasteiger partial charge in [0.15, 0.2) is 3.92 Å². The lowest BCUT2D eigenvalue weighted by Crippen LogP contribution is -2.35. The number of benzene rings is 1. The quantitative estimate of drug-likeness (QED) is 0.688. The number of piperidine rings is 1. The summed E-state index contributed by atoms with van der Waals surface area (Å²) in [4.78, 5) is 20.1. The van der Waals surface area contributed by atoms with Gasteiger partial charge in [-0.3, -0.25) is 4.79 Å². The number of anilines is 1. The van der Waals surface area contributed by atoms with Gasteiger partial charge in [0, 0.05) is 30.2 Å². The van der Waals surface area contributed by atoms with Crippen LogP contribution in [-0.2, 0) is 16.4 Å². The van der Waals surface area contributed by atoms with Crippen LogP contribution in [0.4, 0.5) is 5.69 Å². The monoisotopic (exact) mass is 469 g/mol. The predicted octanol–water partition coefficient (Wildman–Crippen LogP) is 3.59. The van der Waals surface area contributed by atoms with Crippen molar-refractivity contribution in [3.05, 3.63) is 38.3 Å². The molecule has 0 spiro atoms. The highest BCUT2D eigenvalue weighted by molar-refractivity contribution is 9.11. The number of carbonyl (C=O) groups is 1. The third-order valence-corrected chi connectivity index (χ3v) is 8.43. The van der Waals surface area contributed by atoms with Gasteiger partial charge in [0.1, 0.15) is 5.69 Å². The molecule has 2 aromatic rings. The van der Waals surface area contributed by atoms with Crippen molar-refractivity contribution in [3.63, 3.8) is 0 Å². The lowest BCUT2D eigenvalue weighted by atomic mass is 10.2. The number of nitrogens with zero attached hydrogens (tertiary/aromatic N) is 3. The molecule has 1 saturated heterocycles. The Morgan fingerprint density at radius 3 is 2.59 bits per heavy atom. The van der Waals surface area contributed by atoms with Gasteiger partial charge < -0.3 is 4.90 Å². The number of carbonyl (C=O) groups excluding carboxylic acids is 1. The Balaban J connectivity index is 1.62. The molecule has 6 nitrogen and oxygen atoms in total. The van der Waals surface area contributed by atoms with Crippen LogP contribution in [-0.4, -0.2) is 43.2 Å². The van der Waals surface area contributed by atoms with E-state index < -0.39 is 10.0 Å². The highest BCUT2D eigenvalue weighted by Crippen LogP contribution is 2.34.